The predicted molar refractivity (Wildman–Crippen MR) is 71.0 cm³/mol. The molecule has 104 valence electrons. The van der Waals surface area contributed by atoms with E-state index >= 15 is 0 Å². The molecule has 0 aliphatic heterocycles. The molecule has 0 aliphatic rings. The van der Waals surface area contributed by atoms with Gasteiger partial charge in [-0.15, -0.1) is 0 Å². The lowest BCUT2D eigenvalue weighted by atomic mass is 9.88. The highest BCUT2D eigenvalue weighted by Crippen LogP contribution is 2.20. The van der Waals surface area contributed by atoms with Crippen LogP contribution in [-0.4, -0.2) is 39.3 Å². The van der Waals surface area contributed by atoms with Crippen LogP contribution in [0.3, 0.4) is 0 Å². The third kappa shape index (κ3) is 10.1. The normalized spacial score (nSPS) is 11.0. The van der Waals surface area contributed by atoms with Crippen molar-refractivity contribution < 1.29 is 9.53 Å². The fourth-order valence-electron chi connectivity index (χ4n) is 1.49. The summed E-state index contributed by atoms with van der Waals surface area (Å²) in [6.45, 7) is 6.82. The molecule has 0 heterocycles. The van der Waals surface area contributed by atoms with E-state index in [1.54, 1.807) is 7.11 Å². The number of nitriles is 1. The molecule has 0 saturated carbocycles. The Bertz CT molecular complexity index is 272. The zero-order valence-corrected chi connectivity index (χ0v) is 11.7. The van der Waals surface area contributed by atoms with E-state index < -0.39 is 0 Å². The molecule has 0 fully saturated rings. The number of carbonyl (C=O) groups excluding carboxylic acids is 1. The molecule has 0 aromatic carbocycles. The molecule has 1 amide bonds. The molecule has 0 aromatic rings. The summed E-state index contributed by atoms with van der Waals surface area (Å²) < 4.78 is 4.84. The average molecular weight is 255 g/mol. The van der Waals surface area contributed by atoms with Gasteiger partial charge in [-0.2, -0.15) is 5.26 Å². The summed E-state index contributed by atoms with van der Waals surface area (Å²) in [4.78, 5) is 11.4. The molecule has 0 spiro atoms. The first kappa shape index (κ1) is 16.9. The predicted octanol–water partition coefficient (Wildman–Crippen LogP) is 1.06. The van der Waals surface area contributed by atoms with Crippen molar-refractivity contribution in [1.82, 2.24) is 10.6 Å². The molecule has 5 heteroatoms. The van der Waals surface area contributed by atoms with Gasteiger partial charge >= 0.3 is 0 Å². The molecule has 0 atom stereocenters. The van der Waals surface area contributed by atoms with Crippen molar-refractivity contribution in [1.29, 1.82) is 5.26 Å². The molecule has 18 heavy (non-hydrogen) atoms. The molecule has 0 unspecified atom stereocenters. The summed E-state index contributed by atoms with van der Waals surface area (Å²) >= 11 is 0. The monoisotopic (exact) mass is 255 g/mol. The number of hydrogen-bond donors (Lipinski definition) is 2. The van der Waals surface area contributed by atoms with E-state index in [-0.39, 0.29) is 11.3 Å². The van der Waals surface area contributed by atoms with E-state index in [9.17, 15) is 4.79 Å². The second-order valence-corrected chi connectivity index (χ2v) is 5.09. The van der Waals surface area contributed by atoms with Crippen molar-refractivity contribution >= 4 is 5.91 Å². The van der Waals surface area contributed by atoms with E-state index in [2.05, 4.69) is 30.6 Å². The highest BCUT2D eigenvalue weighted by molar-refractivity contribution is 5.75. The van der Waals surface area contributed by atoms with Crippen LogP contribution in [-0.2, 0) is 9.53 Å². The number of ether oxygens (including phenoxy) is 1. The van der Waals surface area contributed by atoms with Crippen LogP contribution in [0.25, 0.3) is 0 Å². The topological polar surface area (TPSA) is 74.2 Å². The quantitative estimate of drug-likeness (QED) is 0.572. The largest absolute Gasteiger partial charge is 0.383 e. The van der Waals surface area contributed by atoms with Gasteiger partial charge < -0.3 is 15.4 Å². The maximum absolute atomic E-state index is 11.4. The molecule has 2 N–H and O–H groups in total. The first-order chi connectivity index (χ1) is 8.52. The van der Waals surface area contributed by atoms with Gasteiger partial charge in [0.15, 0.2) is 0 Å². The van der Waals surface area contributed by atoms with E-state index in [0.29, 0.717) is 32.5 Å². The van der Waals surface area contributed by atoms with Gasteiger partial charge in [0.25, 0.3) is 0 Å². The zero-order chi connectivity index (χ0) is 13.9. The van der Waals surface area contributed by atoms with Crippen LogP contribution in [0, 0.1) is 16.7 Å². The summed E-state index contributed by atoms with van der Waals surface area (Å²) in [5.41, 5.74) is 0.0995. The van der Waals surface area contributed by atoms with Crippen molar-refractivity contribution in [2.45, 2.75) is 33.1 Å². The molecule has 0 saturated heterocycles. The lowest BCUT2D eigenvalue weighted by Gasteiger charge is -2.23. The minimum atomic E-state index is 0.0365. The number of methoxy groups -OCH3 is 1. The van der Waals surface area contributed by atoms with Gasteiger partial charge in [-0.05, 0) is 11.8 Å². The highest BCUT2D eigenvalue weighted by Gasteiger charge is 2.16. The lowest BCUT2D eigenvalue weighted by Crippen LogP contribution is -2.34. The van der Waals surface area contributed by atoms with E-state index in [0.717, 1.165) is 13.0 Å². The Labute approximate surface area is 110 Å². The van der Waals surface area contributed by atoms with Gasteiger partial charge in [-0.3, -0.25) is 4.79 Å². The first-order valence-corrected chi connectivity index (χ1v) is 6.35. The van der Waals surface area contributed by atoms with Crippen molar-refractivity contribution in [2.24, 2.45) is 5.41 Å². The Morgan fingerprint density at radius 3 is 2.72 bits per heavy atom. The number of nitrogens with one attached hydrogen (secondary N) is 2. The van der Waals surface area contributed by atoms with E-state index in [1.807, 2.05) is 0 Å². The van der Waals surface area contributed by atoms with Crippen molar-refractivity contribution in [3.05, 3.63) is 0 Å². The minimum absolute atomic E-state index is 0.0365. The Balaban J connectivity index is 3.54. The van der Waals surface area contributed by atoms with E-state index in [1.165, 1.54) is 0 Å². The molecule has 0 aromatic heterocycles. The second kappa shape index (κ2) is 9.86. The molecule has 0 bridgehead atoms. The van der Waals surface area contributed by atoms with E-state index in [4.69, 9.17) is 10.00 Å². The number of amides is 1. The smallest absolute Gasteiger partial charge is 0.221 e. The van der Waals surface area contributed by atoms with Gasteiger partial charge in [0, 0.05) is 39.6 Å². The first-order valence-electron chi connectivity index (χ1n) is 6.35. The molecule has 0 rings (SSSR count). The van der Waals surface area contributed by atoms with Crippen LogP contribution >= 0.6 is 0 Å². The fourth-order valence-corrected chi connectivity index (χ4v) is 1.49. The van der Waals surface area contributed by atoms with Crippen LogP contribution in [0.15, 0.2) is 0 Å². The molecular formula is C13H25N3O2. The van der Waals surface area contributed by atoms with Gasteiger partial charge in [-0.25, -0.2) is 0 Å². The molecule has 5 nitrogen and oxygen atoms in total. The summed E-state index contributed by atoms with van der Waals surface area (Å²) in [6.07, 6.45) is 1.92. The number of rotatable bonds is 10. The molecular weight excluding hydrogens is 230 g/mol. The highest BCUT2D eigenvalue weighted by atomic mass is 16.5. The Morgan fingerprint density at radius 1 is 1.39 bits per heavy atom. The van der Waals surface area contributed by atoms with Gasteiger partial charge in [0.2, 0.25) is 5.91 Å². The lowest BCUT2D eigenvalue weighted by molar-refractivity contribution is -0.121. The van der Waals surface area contributed by atoms with Crippen molar-refractivity contribution in [2.75, 3.05) is 33.4 Å². The maximum Gasteiger partial charge on any atom is 0.221 e. The number of hydrogen-bond acceptors (Lipinski definition) is 4. The summed E-state index contributed by atoms with van der Waals surface area (Å²) in [5, 5.41) is 14.6. The molecule has 0 aliphatic carbocycles. The standard InChI is InChI=1S/C13H25N3O2/c1-13(2,6-4-7-14)11-15-8-5-12(17)16-9-10-18-3/h15H,4-6,8-11H2,1-3H3,(H,16,17). The molecule has 0 radical (unpaired) electrons. The summed E-state index contributed by atoms with van der Waals surface area (Å²) in [7, 11) is 1.61. The van der Waals surface area contributed by atoms with Gasteiger partial charge in [0.05, 0.1) is 12.7 Å². The summed E-state index contributed by atoms with van der Waals surface area (Å²) in [5.74, 6) is 0.0365. The number of nitrogens with zero attached hydrogens (tertiary/aromatic N) is 1. The second-order valence-electron chi connectivity index (χ2n) is 5.09. The average Bonchev–Trinajstić information content (AvgIpc) is 2.33. The number of carbonyl (C=O) groups is 1. The van der Waals surface area contributed by atoms with Crippen LogP contribution in [0.1, 0.15) is 33.1 Å². The fraction of sp³-hybridized carbons (Fsp3) is 0.846. The zero-order valence-electron chi connectivity index (χ0n) is 11.7. The Kier molecular flexibility index (Phi) is 9.25. The van der Waals surface area contributed by atoms with Crippen LogP contribution in [0.5, 0.6) is 0 Å². The van der Waals surface area contributed by atoms with Crippen molar-refractivity contribution in [3.63, 3.8) is 0 Å². The Morgan fingerprint density at radius 2 is 2.11 bits per heavy atom. The van der Waals surface area contributed by atoms with Crippen LogP contribution in [0.4, 0.5) is 0 Å². The van der Waals surface area contributed by atoms with Crippen LogP contribution in [0.2, 0.25) is 0 Å². The van der Waals surface area contributed by atoms with Gasteiger partial charge in [-0.1, -0.05) is 13.8 Å². The summed E-state index contributed by atoms with van der Waals surface area (Å²) in [6, 6.07) is 2.16. The van der Waals surface area contributed by atoms with Crippen molar-refractivity contribution in [3.8, 4) is 6.07 Å². The van der Waals surface area contributed by atoms with Gasteiger partial charge in [0.1, 0.15) is 0 Å². The SMILES string of the molecule is COCCNC(=O)CCNCC(C)(C)CCC#N. The van der Waals surface area contributed by atoms with Crippen LogP contribution < -0.4 is 10.6 Å². The third-order valence-corrected chi connectivity index (χ3v) is 2.67. The maximum atomic E-state index is 11.4. The third-order valence-electron chi connectivity index (χ3n) is 2.67. The Hall–Kier alpha value is -1.12. The minimum Gasteiger partial charge on any atom is -0.383 e.